The average Bonchev–Trinajstić information content (AvgIpc) is 3.17. The van der Waals surface area contributed by atoms with E-state index in [1.165, 1.54) is 6.39 Å². The molecule has 5 heteroatoms. The lowest BCUT2D eigenvalue weighted by Gasteiger charge is -2.25. The molecule has 0 spiro atoms. The highest BCUT2D eigenvalue weighted by Gasteiger charge is 2.30. The maximum Gasteiger partial charge on any atom is 0.254 e. The third kappa shape index (κ3) is 3.04. The van der Waals surface area contributed by atoms with Gasteiger partial charge in [0.25, 0.3) is 5.91 Å². The van der Waals surface area contributed by atoms with Gasteiger partial charge in [0.1, 0.15) is 0 Å². The van der Waals surface area contributed by atoms with Gasteiger partial charge in [0.2, 0.25) is 0 Å². The lowest BCUT2D eigenvalue weighted by atomic mass is 10.1. The van der Waals surface area contributed by atoms with Gasteiger partial charge in [0.15, 0.2) is 12.2 Å². The Kier molecular flexibility index (Phi) is 4.24. The second-order valence-electron chi connectivity index (χ2n) is 5.82. The van der Waals surface area contributed by atoms with Crippen molar-refractivity contribution in [2.24, 2.45) is 0 Å². The molecule has 0 saturated carbocycles. The van der Waals surface area contributed by atoms with Gasteiger partial charge in [-0.1, -0.05) is 12.1 Å². The molecule has 1 aromatic carbocycles. The third-order valence-electron chi connectivity index (χ3n) is 4.10. The maximum atomic E-state index is 12.6. The summed E-state index contributed by atoms with van der Waals surface area (Å²) in [5.41, 5.74) is 1.57. The van der Waals surface area contributed by atoms with E-state index < -0.39 is 0 Å². The molecule has 2 unspecified atom stereocenters. The largest absolute Gasteiger partial charge is 0.444 e. The Bertz CT molecular complexity index is 620. The molecule has 3 rings (SSSR count). The number of carbonyl (C=O) groups excluding carboxylic acids is 1. The molecule has 1 aliphatic heterocycles. The summed E-state index contributed by atoms with van der Waals surface area (Å²) < 4.78 is 5.25. The first-order chi connectivity index (χ1) is 10.6. The van der Waals surface area contributed by atoms with Crippen molar-refractivity contribution in [2.75, 3.05) is 6.54 Å². The van der Waals surface area contributed by atoms with Crippen LogP contribution in [0.3, 0.4) is 0 Å². The summed E-state index contributed by atoms with van der Waals surface area (Å²) in [5.74, 6) is 0.722. The molecule has 2 aromatic rings. The number of hydrogen-bond donors (Lipinski definition) is 1. The molecular formula is C17H20N2O3. The molecular weight excluding hydrogens is 280 g/mol. The monoisotopic (exact) mass is 300 g/mol. The standard InChI is InChI=1S/C17H20N2O3/c1-12(20)9-15-3-2-8-19(15)17(21)14-6-4-13(5-7-14)16-10-18-11-22-16/h4-7,10-12,15,20H,2-3,8-9H2,1H3. The van der Waals surface area contributed by atoms with E-state index in [1.807, 2.05) is 29.2 Å². The minimum atomic E-state index is -0.382. The van der Waals surface area contributed by atoms with Crippen molar-refractivity contribution in [1.82, 2.24) is 9.88 Å². The van der Waals surface area contributed by atoms with Crippen molar-refractivity contribution >= 4 is 5.91 Å². The minimum Gasteiger partial charge on any atom is -0.444 e. The number of benzene rings is 1. The molecule has 5 nitrogen and oxygen atoms in total. The summed E-state index contributed by atoms with van der Waals surface area (Å²) in [4.78, 5) is 18.4. The number of aliphatic hydroxyl groups is 1. The van der Waals surface area contributed by atoms with Crippen molar-refractivity contribution in [3.63, 3.8) is 0 Å². The number of amides is 1. The van der Waals surface area contributed by atoms with Crippen LogP contribution in [0.25, 0.3) is 11.3 Å². The molecule has 0 radical (unpaired) electrons. The summed E-state index contributed by atoms with van der Waals surface area (Å²) in [7, 11) is 0. The Labute approximate surface area is 129 Å². The van der Waals surface area contributed by atoms with Gasteiger partial charge in [-0.25, -0.2) is 4.98 Å². The summed E-state index contributed by atoms with van der Waals surface area (Å²) >= 11 is 0. The van der Waals surface area contributed by atoms with E-state index in [4.69, 9.17) is 4.42 Å². The van der Waals surface area contributed by atoms with Crippen molar-refractivity contribution in [3.8, 4) is 11.3 Å². The molecule has 116 valence electrons. The lowest BCUT2D eigenvalue weighted by molar-refractivity contribution is 0.0682. The highest BCUT2D eigenvalue weighted by molar-refractivity contribution is 5.95. The van der Waals surface area contributed by atoms with Crippen LogP contribution < -0.4 is 0 Å². The summed E-state index contributed by atoms with van der Waals surface area (Å²) in [5, 5.41) is 9.57. The van der Waals surface area contributed by atoms with E-state index in [1.54, 1.807) is 13.1 Å². The second-order valence-corrected chi connectivity index (χ2v) is 5.82. The van der Waals surface area contributed by atoms with Crippen LogP contribution in [-0.2, 0) is 0 Å². The molecule has 0 bridgehead atoms. The predicted octanol–water partition coefficient (Wildman–Crippen LogP) is 2.72. The van der Waals surface area contributed by atoms with Gasteiger partial charge in [-0.3, -0.25) is 4.79 Å². The van der Waals surface area contributed by atoms with Crippen LogP contribution >= 0.6 is 0 Å². The SMILES string of the molecule is CC(O)CC1CCCN1C(=O)c1ccc(-c2cnco2)cc1. The van der Waals surface area contributed by atoms with E-state index in [2.05, 4.69) is 4.98 Å². The van der Waals surface area contributed by atoms with Gasteiger partial charge >= 0.3 is 0 Å². The highest BCUT2D eigenvalue weighted by atomic mass is 16.3. The topological polar surface area (TPSA) is 66.6 Å². The number of aliphatic hydroxyl groups excluding tert-OH is 1. The van der Waals surface area contributed by atoms with E-state index in [0.29, 0.717) is 17.7 Å². The zero-order valence-electron chi connectivity index (χ0n) is 12.6. The molecule has 1 aliphatic rings. The Morgan fingerprint density at radius 2 is 2.23 bits per heavy atom. The maximum absolute atomic E-state index is 12.6. The van der Waals surface area contributed by atoms with Crippen molar-refractivity contribution in [3.05, 3.63) is 42.4 Å². The van der Waals surface area contributed by atoms with E-state index >= 15 is 0 Å². The predicted molar refractivity (Wildman–Crippen MR) is 82.3 cm³/mol. The normalized spacial score (nSPS) is 19.4. The minimum absolute atomic E-state index is 0.0345. The molecule has 1 saturated heterocycles. The van der Waals surface area contributed by atoms with Gasteiger partial charge in [-0.05, 0) is 38.3 Å². The second kappa shape index (κ2) is 6.32. The number of aromatic nitrogens is 1. The molecule has 22 heavy (non-hydrogen) atoms. The first-order valence-corrected chi connectivity index (χ1v) is 7.63. The Hall–Kier alpha value is -2.14. The quantitative estimate of drug-likeness (QED) is 0.942. The molecule has 1 amide bonds. The van der Waals surface area contributed by atoms with Crippen LogP contribution in [0, 0.1) is 0 Å². The van der Waals surface area contributed by atoms with Crippen molar-refractivity contribution in [2.45, 2.75) is 38.3 Å². The van der Waals surface area contributed by atoms with Crippen molar-refractivity contribution < 1.29 is 14.3 Å². The van der Waals surface area contributed by atoms with E-state index in [9.17, 15) is 9.90 Å². The van der Waals surface area contributed by atoms with Crippen LogP contribution in [0.4, 0.5) is 0 Å². The fraction of sp³-hybridized carbons (Fsp3) is 0.412. The first kappa shape index (κ1) is 14.8. The molecule has 2 atom stereocenters. The average molecular weight is 300 g/mol. The zero-order chi connectivity index (χ0) is 15.5. The summed E-state index contributed by atoms with van der Waals surface area (Å²) in [6.07, 6.45) is 5.26. The summed E-state index contributed by atoms with van der Waals surface area (Å²) in [6.45, 7) is 2.53. The Morgan fingerprint density at radius 3 is 2.86 bits per heavy atom. The van der Waals surface area contributed by atoms with Gasteiger partial charge in [-0.2, -0.15) is 0 Å². The first-order valence-electron chi connectivity index (χ1n) is 7.63. The van der Waals surface area contributed by atoms with Crippen LogP contribution in [0.5, 0.6) is 0 Å². The number of nitrogens with zero attached hydrogens (tertiary/aromatic N) is 2. The number of likely N-dealkylation sites (tertiary alicyclic amines) is 1. The van der Waals surface area contributed by atoms with E-state index in [-0.39, 0.29) is 18.1 Å². The smallest absolute Gasteiger partial charge is 0.254 e. The summed E-state index contributed by atoms with van der Waals surface area (Å²) in [6, 6.07) is 7.51. The molecule has 2 heterocycles. The molecule has 1 aromatic heterocycles. The number of carbonyl (C=O) groups is 1. The van der Waals surface area contributed by atoms with Gasteiger partial charge in [0.05, 0.1) is 12.3 Å². The van der Waals surface area contributed by atoms with Crippen molar-refractivity contribution in [1.29, 1.82) is 0 Å². The number of hydrogen-bond acceptors (Lipinski definition) is 4. The Balaban J connectivity index is 1.74. The third-order valence-corrected chi connectivity index (χ3v) is 4.10. The lowest BCUT2D eigenvalue weighted by Crippen LogP contribution is -2.37. The van der Waals surface area contributed by atoms with Crippen LogP contribution in [0.1, 0.15) is 36.5 Å². The molecule has 0 aliphatic carbocycles. The fourth-order valence-corrected chi connectivity index (χ4v) is 3.04. The highest BCUT2D eigenvalue weighted by Crippen LogP contribution is 2.25. The fourth-order valence-electron chi connectivity index (χ4n) is 3.04. The van der Waals surface area contributed by atoms with Gasteiger partial charge in [0, 0.05) is 23.7 Å². The van der Waals surface area contributed by atoms with Crippen LogP contribution in [0.2, 0.25) is 0 Å². The molecule has 1 fully saturated rings. The molecule has 1 N–H and O–H groups in total. The number of oxazole rings is 1. The van der Waals surface area contributed by atoms with Gasteiger partial charge < -0.3 is 14.4 Å². The van der Waals surface area contributed by atoms with Gasteiger partial charge in [-0.15, -0.1) is 0 Å². The zero-order valence-corrected chi connectivity index (χ0v) is 12.6. The number of rotatable bonds is 4. The van der Waals surface area contributed by atoms with Crippen LogP contribution in [-0.4, -0.2) is 39.6 Å². The van der Waals surface area contributed by atoms with Crippen LogP contribution in [0.15, 0.2) is 41.3 Å². The Morgan fingerprint density at radius 1 is 1.45 bits per heavy atom. The van der Waals surface area contributed by atoms with E-state index in [0.717, 1.165) is 24.9 Å².